The van der Waals surface area contributed by atoms with E-state index in [1.165, 1.54) is 16.7 Å². The first-order valence-electron chi connectivity index (χ1n) is 10.4. The molecule has 3 aromatic carbocycles. The Labute approximate surface area is 199 Å². The Kier molecular flexibility index (Phi) is 6.53. The quantitative estimate of drug-likeness (QED) is 0.494. The van der Waals surface area contributed by atoms with Crippen LogP contribution >= 0.6 is 11.3 Å². The maximum Gasteiger partial charge on any atom is 0.273 e. The molecule has 1 N–H and O–H groups in total. The van der Waals surface area contributed by atoms with E-state index in [-0.39, 0.29) is 21.6 Å². The lowest BCUT2D eigenvalue weighted by Gasteiger charge is -2.07. The Morgan fingerprint density at radius 3 is 2.29 bits per heavy atom. The van der Waals surface area contributed by atoms with E-state index in [1.54, 1.807) is 42.5 Å². The molecule has 5 nitrogen and oxygen atoms in total. The van der Waals surface area contributed by atoms with Gasteiger partial charge in [0.15, 0.2) is 5.57 Å². The van der Waals surface area contributed by atoms with E-state index >= 15 is 0 Å². The van der Waals surface area contributed by atoms with Crippen LogP contribution in [-0.2, 0) is 4.79 Å². The lowest BCUT2D eigenvalue weighted by molar-refractivity contribution is -0.111. The zero-order chi connectivity index (χ0) is 24.2. The predicted molar refractivity (Wildman–Crippen MR) is 133 cm³/mol. The normalized spacial score (nSPS) is 12.2. The summed E-state index contributed by atoms with van der Waals surface area (Å²) in [6.45, 7) is 3.84. The molecular weight excluding hydrogens is 449 g/mol. The summed E-state index contributed by atoms with van der Waals surface area (Å²) in [6, 6.07) is 22.1. The van der Waals surface area contributed by atoms with Crippen molar-refractivity contribution in [3.63, 3.8) is 0 Å². The molecule has 1 aromatic heterocycles. The highest BCUT2D eigenvalue weighted by atomic mass is 32.1. The SMILES string of the molecule is Cc1cc(C)cc(NC(=O)/C(C#N)=c2/s/c(=C/c3ccc(F)cc3)c(=O)n2-c2ccccc2)c1. The van der Waals surface area contributed by atoms with Crippen molar-refractivity contribution >= 4 is 34.6 Å². The fraction of sp³-hybridized carbons (Fsp3) is 0.0741. The zero-order valence-electron chi connectivity index (χ0n) is 18.5. The molecule has 1 heterocycles. The number of thiazole rings is 1. The average Bonchev–Trinajstić information content (AvgIpc) is 3.11. The number of amides is 1. The van der Waals surface area contributed by atoms with Gasteiger partial charge >= 0.3 is 0 Å². The van der Waals surface area contributed by atoms with E-state index in [2.05, 4.69) is 5.32 Å². The molecular formula is C27H20FN3O2S. The summed E-state index contributed by atoms with van der Waals surface area (Å²) in [5.41, 5.74) is 3.13. The third-order valence-electron chi connectivity index (χ3n) is 5.04. The molecule has 0 atom stereocenters. The monoisotopic (exact) mass is 469 g/mol. The van der Waals surface area contributed by atoms with Crippen molar-refractivity contribution in [3.05, 3.63) is 115 Å². The molecule has 0 fully saturated rings. The van der Waals surface area contributed by atoms with Crippen molar-refractivity contribution in [2.24, 2.45) is 0 Å². The van der Waals surface area contributed by atoms with Crippen molar-refractivity contribution < 1.29 is 9.18 Å². The van der Waals surface area contributed by atoms with Gasteiger partial charge in [0.05, 0.1) is 10.2 Å². The van der Waals surface area contributed by atoms with Crippen LogP contribution in [0, 0.1) is 31.0 Å². The van der Waals surface area contributed by atoms with Crippen LogP contribution in [0.3, 0.4) is 0 Å². The first-order valence-corrected chi connectivity index (χ1v) is 11.3. The van der Waals surface area contributed by atoms with Gasteiger partial charge in [0, 0.05) is 5.69 Å². The number of carbonyl (C=O) groups is 1. The molecule has 0 aliphatic rings. The Hall–Kier alpha value is -4.28. The van der Waals surface area contributed by atoms with Gasteiger partial charge in [-0.05, 0) is 73.0 Å². The molecule has 4 rings (SSSR count). The molecule has 168 valence electrons. The summed E-state index contributed by atoms with van der Waals surface area (Å²) in [4.78, 5) is 26.5. The summed E-state index contributed by atoms with van der Waals surface area (Å²) < 4.78 is 15.2. The number of nitriles is 1. The Bertz CT molecular complexity index is 1570. The van der Waals surface area contributed by atoms with E-state index < -0.39 is 5.91 Å². The Balaban J connectivity index is 1.94. The number of hydrogen-bond acceptors (Lipinski definition) is 4. The first-order chi connectivity index (χ1) is 16.4. The molecule has 0 saturated carbocycles. The minimum Gasteiger partial charge on any atom is -0.321 e. The molecule has 0 saturated heterocycles. The fourth-order valence-electron chi connectivity index (χ4n) is 3.61. The summed E-state index contributed by atoms with van der Waals surface area (Å²) in [5, 5.41) is 12.7. The summed E-state index contributed by atoms with van der Waals surface area (Å²) in [7, 11) is 0. The van der Waals surface area contributed by atoms with E-state index in [0.29, 0.717) is 21.5 Å². The van der Waals surface area contributed by atoms with Gasteiger partial charge < -0.3 is 5.32 Å². The minimum absolute atomic E-state index is 0.177. The predicted octanol–water partition coefficient (Wildman–Crippen LogP) is 3.80. The van der Waals surface area contributed by atoms with Crippen molar-refractivity contribution in [1.29, 1.82) is 5.26 Å². The number of para-hydroxylation sites is 1. The van der Waals surface area contributed by atoms with Gasteiger partial charge in [-0.25, -0.2) is 4.39 Å². The number of anilines is 1. The summed E-state index contributed by atoms with van der Waals surface area (Å²) in [5.74, 6) is -0.986. The highest BCUT2D eigenvalue weighted by Gasteiger charge is 2.17. The second-order valence-electron chi connectivity index (χ2n) is 7.76. The van der Waals surface area contributed by atoms with Crippen LogP contribution in [0.5, 0.6) is 0 Å². The third-order valence-corrected chi connectivity index (χ3v) is 6.13. The van der Waals surface area contributed by atoms with Crippen LogP contribution in [0.1, 0.15) is 16.7 Å². The van der Waals surface area contributed by atoms with Crippen molar-refractivity contribution in [3.8, 4) is 11.8 Å². The van der Waals surface area contributed by atoms with E-state index in [0.717, 1.165) is 22.5 Å². The number of halogens is 1. The molecule has 4 aromatic rings. The smallest absolute Gasteiger partial charge is 0.273 e. The average molecular weight is 470 g/mol. The van der Waals surface area contributed by atoms with E-state index in [4.69, 9.17) is 0 Å². The molecule has 0 bridgehead atoms. The summed E-state index contributed by atoms with van der Waals surface area (Å²) in [6.07, 6.45) is 1.62. The maximum absolute atomic E-state index is 13.4. The second kappa shape index (κ2) is 9.69. The van der Waals surface area contributed by atoms with E-state index in [1.807, 2.05) is 44.2 Å². The number of benzene rings is 3. The Morgan fingerprint density at radius 1 is 1.03 bits per heavy atom. The minimum atomic E-state index is -0.605. The number of carbonyl (C=O) groups excluding carboxylic acids is 1. The van der Waals surface area contributed by atoms with Crippen LogP contribution in [0.25, 0.3) is 17.3 Å². The van der Waals surface area contributed by atoms with Crippen LogP contribution in [0.4, 0.5) is 10.1 Å². The molecule has 34 heavy (non-hydrogen) atoms. The van der Waals surface area contributed by atoms with Crippen LogP contribution in [-0.4, -0.2) is 10.5 Å². The Morgan fingerprint density at radius 2 is 1.68 bits per heavy atom. The molecule has 0 radical (unpaired) electrons. The van der Waals surface area contributed by atoms with E-state index in [9.17, 15) is 19.2 Å². The molecule has 0 unspecified atom stereocenters. The van der Waals surface area contributed by atoms with Crippen molar-refractivity contribution in [1.82, 2.24) is 4.57 Å². The molecule has 0 aliphatic carbocycles. The van der Waals surface area contributed by atoms with Gasteiger partial charge in [-0.1, -0.05) is 36.4 Å². The van der Waals surface area contributed by atoms with Crippen molar-refractivity contribution in [2.45, 2.75) is 13.8 Å². The van der Waals surface area contributed by atoms with Gasteiger partial charge in [0.1, 0.15) is 16.5 Å². The van der Waals surface area contributed by atoms with Gasteiger partial charge in [0.2, 0.25) is 0 Å². The highest BCUT2D eigenvalue weighted by Crippen LogP contribution is 2.15. The fourth-order valence-corrected chi connectivity index (χ4v) is 4.71. The van der Waals surface area contributed by atoms with Gasteiger partial charge in [0.25, 0.3) is 11.5 Å². The number of rotatable bonds is 4. The van der Waals surface area contributed by atoms with Crippen LogP contribution in [0.15, 0.2) is 77.6 Å². The standard InChI is InChI=1S/C27H20FN3O2S/c1-17-12-18(2)14-21(13-17)30-25(32)23(16-29)27-31(22-6-4-3-5-7-22)26(33)24(34-27)15-19-8-10-20(28)11-9-19/h3-15H,1-2H3,(H,30,32)/b24-15+,27-23+. The molecule has 0 aliphatic heterocycles. The third kappa shape index (κ3) is 4.87. The van der Waals surface area contributed by atoms with Crippen LogP contribution in [0.2, 0.25) is 0 Å². The second-order valence-corrected chi connectivity index (χ2v) is 8.79. The van der Waals surface area contributed by atoms with Gasteiger partial charge in [-0.2, -0.15) is 5.26 Å². The number of aromatic nitrogens is 1. The summed E-state index contributed by atoms with van der Waals surface area (Å²) >= 11 is 1.04. The maximum atomic E-state index is 13.4. The molecule has 0 spiro atoms. The number of hydrogen-bond donors (Lipinski definition) is 1. The van der Waals surface area contributed by atoms with Gasteiger partial charge in [-0.15, -0.1) is 11.3 Å². The molecule has 7 heteroatoms. The van der Waals surface area contributed by atoms with Gasteiger partial charge in [-0.3, -0.25) is 14.2 Å². The highest BCUT2D eigenvalue weighted by molar-refractivity contribution is 7.07. The zero-order valence-corrected chi connectivity index (χ0v) is 19.3. The number of aryl methyl sites for hydroxylation is 2. The lowest BCUT2D eigenvalue weighted by Crippen LogP contribution is -2.32. The van der Waals surface area contributed by atoms with Crippen LogP contribution < -0.4 is 20.1 Å². The topological polar surface area (TPSA) is 74.9 Å². The number of nitrogens with zero attached hydrogens (tertiary/aromatic N) is 2. The number of nitrogens with one attached hydrogen (secondary N) is 1. The first kappa shape index (κ1) is 22.9. The van der Waals surface area contributed by atoms with Crippen molar-refractivity contribution in [2.75, 3.05) is 5.32 Å². The molecule has 1 amide bonds. The largest absolute Gasteiger partial charge is 0.321 e. The lowest BCUT2D eigenvalue weighted by atomic mass is 10.1.